The van der Waals surface area contributed by atoms with Crippen molar-refractivity contribution in [1.29, 1.82) is 0 Å². The summed E-state index contributed by atoms with van der Waals surface area (Å²) in [7, 11) is 0. The van der Waals surface area contributed by atoms with Gasteiger partial charge in [0.1, 0.15) is 18.1 Å². The van der Waals surface area contributed by atoms with Crippen molar-refractivity contribution in [3.63, 3.8) is 0 Å². The number of aromatic amines is 2. The van der Waals surface area contributed by atoms with Crippen LogP contribution < -0.4 is 4.74 Å². The van der Waals surface area contributed by atoms with Crippen molar-refractivity contribution in [3.05, 3.63) is 93.4 Å². The van der Waals surface area contributed by atoms with Crippen molar-refractivity contribution < 1.29 is 4.74 Å². The van der Waals surface area contributed by atoms with Crippen LogP contribution in [0.1, 0.15) is 16.1 Å². The smallest absolute Gasteiger partial charge is 0.180 e. The fourth-order valence-corrected chi connectivity index (χ4v) is 4.77. The molecule has 8 heteroatoms. The number of nitrogens with one attached hydrogen (secondary N) is 2. The Hall–Kier alpha value is -3.68. The third kappa shape index (κ3) is 4.08. The zero-order valence-electron chi connectivity index (χ0n) is 17.4. The molecule has 162 valence electrons. The highest BCUT2D eigenvalue weighted by molar-refractivity contribution is 7.10. The first-order valence-corrected chi connectivity index (χ1v) is 11.7. The Morgan fingerprint density at radius 3 is 2.67 bits per heavy atom. The van der Waals surface area contributed by atoms with Crippen molar-refractivity contribution in [3.8, 4) is 17.3 Å². The van der Waals surface area contributed by atoms with Gasteiger partial charge in [0.15, 0.2) is 5.82 Å². The minimum absolute atomic E-state index is 0.498. The number of hydrogen-bond acceptors (Lipinski definition) is 5. The lowest BCUT2D eigenvalue weighted by Crippen LogP contribution is -1.99. The minimum Gasteiger partial charge on any atom is -0.489 e. The molecule has 33 heavy (non-hydrogen) atoms. The molecule has 0 unspecified atom stereocenters. The summed E-state index contributed by atoms with van der Waals surface area (Å²) < 4.78 is 6.10. The average molecular weight is 472 g/mol. The van der Waals surface area contributed by atoms with Crippen molar-refractivity contribution >= 4 is 44.9 Å². The molecule has 0 saturated heterocycles. The monoisotopic (exact) mass is 471 g/mol. The highest BCUT2D eigenvalue weighted by atomic mass is 35.5. The molecular formula is C25H18ClN5OS. The van der Waals surface area contributed by atoms with Crippen LogP contribution in [0.5, 0.6) is 5.75 Å². The first kappa shape index (κ1) is 20.0. The normalized spacial score (nSPS) is 11.4. The van der Waals surface area contributed by atoms with Crippen molar-refractivity contribution in [2.24, 2.45) is 0 Å². The Bertz CT molecular complexity index is 1520. The van der Waals surface area contributed by atoms with E-state index in [-0.39, 0.29) is 0 Å². The first-order chi connectivity index (χ1) is 16.2. The zero-order chi connectivity index (χ0) is 22.2. The molecule has 0 aliphatic rings. The largest absolute Gasteiger partial charge is 0.489 e. The molecule has 3 aromatic heterocycles. The van der Waals surface area contributed by atoms with Gasteiger partial charge in [0, 0.05) is 34.0 Å². The van der Waals surface area contributed by atoms with Gasteiger partial charge in [-0.1, -0.05) is 41.9 Å². The summed E-state index contributed by atoms with van der Waals surface area (Å²) in [6.07, 6.45) is 2.53. The number of ether oxygens (including phenoxy) is 1. The van der Waals surface area contributed by atoms with Gasteiger partial charge in [-0.15, -0.1) is 11.3 Å². The Balaban J connectivity index is 1.25. The second-order valence-corrected chi connectivity index (χ2v) is 9.10. The van der Waals surface area contributed by atoms with Gasteiger partial charge in [-0.25, -0.2) is 15.0 Å². The number of aromatic nitrogens is 5. The molecule has 6 nitrogen and oxygen atoms in total. The molecule has 0 aliphatic carbocycles. The summed E-state index contributed by atoms with van der Waals surface area (Å²) in [5.74, 6) is 1.44. The van der Waals surface area contributed by atoms with E-state index in [4.69, 9.17) is 21.3 Å². The van der Waals surface area contributed by atoms with E-state index >= 15 is 0 Å². The minimum atomic E-state index is 0.498. The summed E-state index contributed by atoms with van der Waals surface area (Å²) in [4.78, 5) is 14.2. The van der Waals surface area contributed by atoms with Gasteiger partial charge in [-0.05, 0) is 35.9 Å². The van der Waals surface area contributed by atoms with Crippen LogP contribution in [0.4, 0.5) is 0 Å². The SMILES string of the molecule is Clc1ccc(OCc2ccccc2)c(Cc2nc(-c3nc4cc5c[nH][nH]c5cc4n3)cs2)c1. The van der Waals surface area contributed by atoms with Crippen molar-refractivity contribution in [2.75, 3.05) is 0 Å². The number of halogens is 1. The van der Waals surface area contributed by atoms with Crippen LogP contribution in [0.25, 0.3) is 33.5 Å². The van der Waals surface area contributed by atoms with Crippen LogP contribution in [-0.4, -0.2) is 25.1 Å². The Kier molecular flexibility index (Phi) is 5.05. The van der Waals surface area contributed by atoms with Gasteiger partial charge >= 0.3 is 0 Å². The molecule has 3 heterocycles. The molecule has 0 radical (unpaired) electrons. The van der Waals surface area contributed by atoms with E-state index in [0.29, 0.717) is 23.9 Å². The van der Waals surface area contributed by atoms with Gasteiger partial charge in [-0.3, -0.25) is 0 Å². The number of H-pyrrole nitrogens is 2. The molecule has 0 amide bonds. The molecule has 0 spiro atoms. The molecule has 0 aliphatic heterocycles. The second-order valence-electron chi connectivity index (χ2n) is 7.72. The molecule has 0 saturated carbocycles. The summed E-state index contributed by atoms with van der Waals surface area (Å²) in [6.45, 7) is 0.498. The topological polar surface area (TPSA) is 79.5 Å². The lowest BCUT2D eigenvalue weighted by atomic mass is 10.1. The van der Waals surface area contributed by atoms with E-state index in [1.165, 1.54) is 0 Å². The molecule has 6 aromatic rings. The van der Waals surface area contributed by atoms with Crippen molar-refractivity contribution in [2.45, 2.75) is 13.0 Å². The molecular weight excluding hydrogens is 454 g/mol. The van der Waals surface area contributed by atoms with E-state index in [1.54, 1.807) is 11.3 Å². The van der Waals surface area contributed by atoms with E-state index in [9.17, 15) is 0 Å². The predicted octanol–water partition coefficient (Wildman–Crippen LogP) is 6.39. The van der Waals surface area contributed by atoms with Crippen LogP contribution in [0.15, 0.2) is 72.2 Å². The molecule has 0 bridgehead atoms. The highest BCUT2D eigenvalue weighted by Crippen LogP contribution is 2.30. The lowest BCUT2D eigenvalue weighted by Gasteiger charge is -2.11. The molecule has 6 rings (SSSR count). The lowest BCUT2D eigenvalue weighted by molar-refractivity contribution is 0.303. The third-order valence-corrected chi connectivity index (χ3v) is 6.50. The standard InChI is InChI=1S/C25H18ClN5OS/c26-18-6-7-23(32-13-15-4-2-1-3-5-15)16(8-18)10-24-28-22(14-33-24)25-29-20-9-17-12-27-31-19(17)11-21(20)30-25/h1-9,11-12,14,27,31H,10,13H2. The first-order valence-electron chi connectivity index (χ1n) is 10.4. The quantitative estimate of drug-likeness (QED) is 0.295. The Morgan fingerprint density at radius 1 is 0.939 bits per heavy atom. The summed E-state index contributed by atoms with van der Waals surface area (Å²) in [6, 6.07) is 19.8. The third-order valence-electron chi connectivity index (χ3n) is 5.42. The summed E-state index contributed by atoms with van der Waals surface area (Å²) in [5.41, 5.74) is 5.58. The van der Waals surface area contributed by atoms with E-state index in [1.807, 2.05) is 72.2 Å². The van der Waals surface area contributed by atoms with Crippen LogP contribution in [0.3, 0.4) is 0 Å². The van der Waals surface area contributed by atoms with Gasteiger partial charge < -0.3 is 14.9 Å². The van der Waals surface area contributed by atoms with Crippen molar-refractivity contribution in [1.82, 2.24) is 25.1 Å². The van der Waals surface area contributed by atoms with Crippen LogP contribution in [-0.2, 0) is 13.0 Å². The fraction of sp³-hybridized carbons (Fsp3) is 0.0800. The van der Waals surface area contributed by atoms with Crippen LogP contribution >= 0.6 is 22.9 Å². The average Bonchev–Trinajstić information content (AvgIpc) is 3.56. The van der Waals surface area contributed by atoms with E-state index < -0.39 is 0 Å². The van der Waals surface area contributed by atoms with Gasteiger partial charge in [0.05, 0.1) is 21.6 Å². The number of benzene rings is 3. The maximum atomic E-state index is 6.28. The second kappa shape index (κ2) is 8.35. The maximum Gasteiger partial charge on any atom is 0.180 e. The van der Waals surface area contributed by atoms with Gasteiger partial charge in [-0.2, -0.15) is 0 Å². The predicted molar refractivity (Wildman–Crippen MR) is 132 cm³/mol. The Labute approximate surface area is 198 Å². The Morgan fingerprint density at radius 2 is 1.79 bits per heavy atom. The maximum absolute atomic E-state index is 6.28. The molecule has 2 N–H and O–H groups in total. The van der Waals surface area contributed by atoms with Crippen LogP contribution in [0.2, 0.25) is 5.02 Å². The number of fused-ring (bicyclic) bond motifs is 2. The number of hydrogen-bond donors (Lipinski definition) is 2. The number of nitrogens with zero attached hydrogens (tertiary/aromatic N) is 3. The highest BCUT2D eigenvalue weighted by Gasteiger charge is 2.14. The zero-order valence-corrected chi connectivity index (χ0v) is 19.0. The fourth-order valence-electron chi connectivity index (χ4n) is 3.78. The number of imidazole rings is 1. The molecule has 3 aromatic carbocycles. The summed E-state index contributed by atoms with van der Waals surface area (Å²) >= 11 is 7.87. The number of thiazole rings is 1. The molecule has 0 fully saturated rings. The van der Waals surface area contributed by atoms with E-state index in [0.717, 1.165) is 49.5 Å². The number of rotatable bonds is 6. The van der Waals surface area contributed by atoms with Crippen LogP contribution in [0, 0.1) is 0 Å². The van der Waals surface area contributed by atoms with Gasteiger partial charge in [0.25, 0.3) is 0 Å². The van der Waals surface area contributed by atoms with Gasteiger partial charge in [0.2, 0.25) is 0 Å². The molecule has 0 atom stereocenters. The summed E-state index contributed by atoms with van der Waals surface area (Å²) in [5, 5.41) is 10.8. The van der Waals surface area contributed by atoms with E-state index in [2.05, 4.69) is 20.2 Å².